The van der Waals surface area contributed by atoms with Crippen LogP contribution in [0.25, 0.3) is 11.0 Å². The first-order valence-electron chi connectivity index (χ1n) is 10.3. The van der Waals surface area contributed by atoms with Gasteiger partial charge in [-0.25, -0.2) is 0 Å². The highest BCUT2D eigenvalue weighted by Gasteiger charge is 2.25. The van der Waals surface area contributed by atoms with Gasteiger partial charge in [0.1, 0.15) is 17.1 Å². The number of primary amides is 1. The van der Waals surface area contributed by atoms with Gasteiger partial charge < -0.3 is 30.2 Å². The summed E-state index contributed by atoms with van der Waals surface area (Å²) >= 11 is 3.93. The van der Waals surface area contributed by atoms with Crippen molar-refractivity contribution in [2.45, 2.75) is 32.1 Å². The fourth-order valence-corrected chi connectivity index (χ4v) is 5.14. The van der Waals surface area contributed by atoms with Gasteiger partial charge in [0.25, 0.3) is 0 Å². The SMILES string of the molecule is NC(=O)CCCCc1oc2cc(OCCCO)c(O)cc2c1C(=O)c1cc(I)c(O)c(I)c1. The summed E-state index contributed by atoms with van der Waals surface area (Å²) in [6, 6.07) is 6.16. The number of halogens is 2. The van der Waals surface area contributed by atoms with Crippen LogP contribution in [0.5, 0.6) is 17.2 Å². The van der Waals surface area contributed by atoms with E-state index in [1.165, 1.54) is 12.1 Å². The van der Waals surface area contributed by atoms with Crippen molar-refractivity contribution in [1.29, 1.82) is 0 Å². The molecule has 10 heteroatoms. The Morgan fingerprint density at radius 2 is 1.73 bits per heavy atom. The molecule has 1 aromatic heterocycles. The van der Waals surface area contributed by atoms with Crippen molar-refractivity contribution in [2.24, 2.45) is 5.73 Å². The average molecular weight is 679 g/mol. The average Bonchev–Trinajstić information content (AvgIpc) is 3.11. The molecule has 5 N–H and O–H groups in total. The smallest absolute Gasteiger partial charge is 0.217 e. The molecule has 1 heterocycles. The number of ketones is 1. The number of rotatable bonds is 11. The van der Waals surface area contributed by atoms with Crippen molar-refractivity contribution in [3.05, 3.63) is 48.3 Å². The van der Waals surface area contributed by atoms with Crippen LogP contribution >= 0.6 is 45.2 Å². The molecular weight excluding hydrogens is 656 g/mol. The van der Waals surface area contributed by atoms with Crippen LogP contribution in [0.2, 0.25) is 0 Å². The van der Waals surface area contributed by atoms with Gasteiger partial charge >= 0.3 is 0 Å². The van der Waals surface area contributed by atoms with Crippen LogP contribution in [0.15, 0.2) is 28.7 Å². The summed E-state index contributed by atoms with van der Waals surface area (Å²) in [5.74, 6) is -0.104. The highest BCUT2D eigenvalue weighted by molar-refractivity contribution is 14.1. The number of fused-ring (bicyclic) bond motifs is 1. The van der Waals surface area contributed by atoms with E-state index in [4.69, 9.17) is 20.0 Å². The summed E-state index contributed by atoms with van der Waals surface area (Å²) in [4.78, 5) is 24.6. The molecule has 0 aliphatic rings. The number of aliphatic hydroxyl groups excluding tert-OH is 1. The number of aromatic hydroxyl groups is 2. The van der Waals surface area contributed by atoms with Crippen molar-refractivity contribution in [3.63, 3.8) is 0 Å². The topological polar surface area (TPSA) is 143 Å². The zero-order valence-electron chi connectivity index (χ0n) is 17.6. The number of phenols is 2. The van der Waals surface area contributed by atoms with Crippen LogP contribution in [0.1, 0.15) is 47.4 Å². The summed E-state index contributed by atoms with van der Waals surface area (Å²) in [5, 5.41) is 29.9. The number of furan rings is 1. The third-order valence-corrected chi connectivity index (χ3v) is 6.63. The molecule has 8 nitrogen and oxygen atoms in total. The van der Waals surface area contributed by atoms with Crippen molar-refractivity contribution < 1.29 is 34.1 Å². The quantitative estimate of drug-likeness (QED) is 0.135. The Hall–Kier alpha value is -2.06. The number of aryl methyl sites for hydroxylation is 1. The number of carbonyl (C=O) groups is 2. The van der Waals surface area contributed by atoms with E-state index in [-0.39, 0.29) is 42.7 Å². The van der Waals surface area contributed by atoms with E-state index in [1.807, 2.05) is 45.2 Å². The summed E-state index contributed by atoms with van der Waals surface area (Å²) in [6.07, 6.45) is 2.18. The lowest BCUT2D eigenvalue weighted by Crippen LogP contribution is -2.10. The zero-order valence-corrected chi connectivity index (χ0v) is 21.9. The Bertz CT molecular complexity index is 1170. The molecule has 0 aliphatic heterocycles. The minimum absolute atomic E-state index is 0.0396. The molecule has 0 aliphatic carbocycles. The maximum Gasteiger partial charge on any atom is 0.217 e. The molecule has 0 unspecified atom stereocenters. The van der Waals surface area contributed by atoms with Gasteiger partial charge in [-0.05, 0) is 76.2 Å². The van der Waals surface area contributed by atoms with Gasteiger partial charge in [-0.15, -0.1) is 0 Å². The Kier molecular flexibility index (Phi) is 8.82. The number of aliphatic hydroxyl groups is 1. The second kappa shape index (κ2) is 11.4. The second-order valence-electron chi connectivity index (χ2n) is 7.43. The van der Waals surface area contributed by atoms with Gasteiger partial charge in [0.05, 0.1) is 19.3 Å². The van der Waals surface area contributed by atoms with E-state index in [1.54, 1.807) is 12.1 Å². The van der Waals surface area contributed by atoms with Gasteiger partial charge in [-0.1, -0.05) is 0 Å². The molecule has 0 saturated heterocycles. The second-order valence-corrected chi connectivity index (χ2v) is 9.76. The summed E-state index contributed by atoms with van der Waals surface area (Å²) in [7, 11) is 0. The van der Waals surface area contributed by atoms with Gasteiger partial charge in [0.15, 0.2) is 17.3 Å². The van der Waals surface area contributed by atoms with Gasteiger partial charge in [-0.3, -0.25) is 9.59 Å². The van der Waals surface area contributed by atoms with E-state index >= 15 is 0 Å². The number of amides is 1. The number of hydrogen-bond donors (Lipinski definition) is 4. The lowest BCUT2D eigenvalue weighted by molar-refractivity contribution is -0.118. The van der Waals surface area contributed by atoms with Crippen LogP contribution in [0.4, 0.5) is 0 Å². The fraction of sp³-hybridized carbons (Fsp3) is 0.304. The van der Waals surface area contributed by atoms with Crippen LogP contribution in [-0.4, -0.2) is 40.2 Å². The minimum atomic E-state index is -0.390. The van der Waals surface area contributed by atoms with Gasteiger partial charge in [-0.2, -0.15) is 0 Å². The largest absolute Gasteiger partial charge is 0.506 e. The third-order valence-electron chi connectivity index (χ3n) is 4.99. The number of phenolic OH excluding ortho intramolecular Hbond substituents is 2. The van der Waals surface area contributed by atoms with Crippen LogP contribution in [0.3, 0.4) is 0 Å². The first-order valence-corrected chi connectivity index (χ1v) is 12.4. The predicted molar refractivity (Wildman–Crippen MR) is 139 cm³/mol. The zero-order chi connectivity index (χ0) is 24.1. The first-order chi connectivity index (χ1) is 15.7. The first kappa shape index (κ1) is 25.6. The van der Waals surface area contributed by atoms with Gasteiger partial charge in [0, 0.05) is 42.9 Å². The molecule has 1 amide bonds. The molecule has 0 spiro atoms. The molecular formula is C23H23I2NO7. The van der Waals surface area contributed by atoms with Crippen LogP contribution in [0, 0.1) is 7.14 Å². The maximum atomic E-state index is 13.5. The number of hydrogen-bond acceptors (Lipinski definition) is 7. The molecule has 0 radical (unpaired) electrons. The Morgan fingerprint density at radius 3 is 2.36 bits per heavy atom. The molecule has 176 valence electrons. The number of nitrogens with two attached hydrogens (primary N) is 1. The third kappa shape index (κ3) is 6.09. The summed E-state index contributed by atoms with van der Waals surface area (Å²) in [5.41, 5.74) is 6.29. The maximum absolute atomic E-state index is 13.5. The molecule has 0 atom stereocenters. The standard InChI is InChI=1S/C23H23I2NO7/c24-14-8-12(9-15(25)23(14)31)22(30)21-13-10-16(28)19(32-7-3-6-27)11-18(13)33-17(21)4-1-2-5-20(26)29/h8-11,27-28,31H,1-7H2,(H2,26,29). The lowest BCUT2D eigenvalue weighted by Gasteiger charge is -2.08. The highest BCUT2D eigenvalue weighted by atomic mass is 127. The molecule has 3 rings (SSSR count). The predicted octanol–water partition coefficient (Wildman–Crippen LogP) is 4.24. The monoisotopic (exact) mass is 679 g/mol. The van der Waals surface area contributed by atoms with Crippen LogP contribution < -0.4 is 10.5 Å². The number of benzene rings is 2. The number of ether oxygens (including phenoxy) is 1. The van der Waals surface area contributed by atoms with E-state index in [0.29, 0.717) is 60.7 Å². The van der Waals surface area contributed by atoms with Crippen molar-refractivity contribution in [1.82, 2.24) is 0 Å². The Labute approximate surface area is 217 Å². The van der Waals surface area contributed by atoms with E-state index in [2.05, 4.69) is 0 Å². The Balaban J connectivity index is 2.05. The highest BCUT2D eigenvalue weighted by Crippen LogP contribution is 2.38. The summed E-state index contributed by atoms with van der Waals surface area (Å²) < 4.78 is 12.6. The lowest BCUT2D eigenvalue weighted by atomic mass is 9.97. The molecule has 0 fully saturated rings. The molecule has 33 heavy (non-hydrogen) atoms. The number of unbranched alkanes of at least 4 members (excludes halogenated alkanes) is 1. The molecule has 2 aromatic carbocycles. The van der Waals surface area contributed by atoms with E-state index in [0.717, 1.165) is 0 Å². The fourth-order valence-electron chi connectivity index (χ4n) is 3.38. The van der Waals surface area contributed by atoms with Crippen LogP contribution in [-0.2, 0) is 11.2 Å². The Morgan fingerprint density at radius 1 is 1.03 bits per heavy atom. The van der Waals surface area contributed by atoms with Gasteiger partial charge in [0.2, 0.25) is 5.91 Å². The molecule has 3 aromatic rings. The summed E-state index contributed by atoms with van der Waals surface area (Å²) in [6.45, 7) is 0.175. The minimum Gasteiger partial charge on any atom is -0.506 e. The van der Waals surface area contributed by atoms with Crippen molar-refractivity contribution in [2.75, 3.05) is 13.2 Å². The molecule has 0 bridgehead atoms. The van der Waals surface area contributed by atoms with E-state index < -0.39 is 5.91 Å². The van der Waals surface area contributed by atoms with Crippen molar-refractivity contribution >= 4 is 67.8 Å². The normalized spacial score (nSPS) is 11.1. The molecule has 0 saturated carbocycles. The van der Waals surface area contributed by atoms with E-state index in [9.17, 15) is 19.8 Å². The van der Waals surface area contributed by atoms with Crippen molar-refractivity contribution in [3.8, 4) is 17.2 Å². The number of carbonyl (C=O) groups excluding carboxylic acids is 2.